The van der Waals surface area contributed by atoms with Crippen molar-refractivity contribution in [2.24, 2.45) is 5.92 Å². The fraction of sp³-hybridized carbons (Fsp3) is 0.842. The van der Waals surface area contributed by atoms with E-state index < -0.39 is 0 Å². The van der Waals surface area contributed by atoms with E-state index in [2.05, 4.69) is 0 Å². The normalized spacial score (nSPS) is 21.6. The summed E-state index contributed by atoms with van der Waals surface area (Å²) in [7, 11) is 0. The standard InChI is InChI=1S/C19H31N3O4S/c23-17(13-16-3-1-2-4-16)20-5-7-21(8-6-20)18(24)14-27-15-19(25)22-9-11-26-12-10-22/h16H,1-15H2. The van der Waals surface area contributed by atoms with Crippen LogP contribution in [0.2, 0.25) is 0 Å². The summed E-state index contributed by atoms with van der Waals surface area (Å²) >= 11 is 1.38. The Bertz CT molecular complexity index is 525. The summed E-state index contributed by atoms with van der Waals surface area (Å²) in [4.78, 5) is 42.4. The number of carbonyl (C=O) groups excluding carboxylic acids is 3. The first-order chi connectivity index (χ1) is 13.1. The first kappa shape index (κ1) is 20.5. The second-order valence-corrected chi connectivity index (χ2v) is 8.59. The second-order valence-electron chi connectivity index (χ2n) is 7.60. The molecule has 0 atom stereocenters. The van der Waals surface area contributed by atoms with Gasteiger partial charge in [-0.05, 0) is 18.8 Å². The summed E-state index contributed by atoms with van der Waals surface area (Å²) in [5.41, 5.74) is 0. The molecule has 0 spiro atoms. The maximum absolute atomic E-state index is 12.4. The molecule has 8 heteroatoms. The number of carbonyl (C=O) groups is 3. The smallest absolute Gasteiger partial charge is 0.232 e. The van der Waals surface area contributed by atoms with Gasteiger partial charge in [-0.25, -0.2) is 0 Å². The zero-order valence-electron chi connectivity index (χ0n) is 16.1. The molecule has 27 heavy (non-hydrogen) atoms. The molecule has 0 aromatic heterocycles. The number of hydrogen-bond donors (Lipinski definition) is 0. The van der Waals surface area contributed by atoms with Gasteiger partial charge in [0.25, 0.3) is 0 Å². The SMILES string of the molecule is O=C(CSCC(=O)N1CCN(C(=O)CC2CCCC2)CC1)N1CCOCC1. The number of morpholine rings is 1. The number of nitrogens with zero attached hydrogens (tertiary/aromatic N) is 3. The largest absolute Gasteiger partial charge is 0.378 e. The number of amides is 3. The van der Waals surface area contributed by atoms with Gasteiger partial charge >= 0.3 is 0 Å². The van der Waals surface area contributed by atoms with Crippen LogP contribution in [-0.4, -0.2) is 96.4 Å². The van der Waals surface area contributed by atoms with Crippen molar-refractivity contribution in [3.05, 3.63) is 0 Å². The molecule has 3 fully saturated rings. The first-order valence-electron chi connectivity index (χ1n) is 10.1. The number of thioether (sulfide) groups is 1. The molecule has 0 N–H and O–H groups in total. The van der Waals surface area contributed by atoms with Crippen molar-refractivity contribution in [2.45, 2.75) is 32.1 Å². The Kier molecular flexibility index (Phi) is 7.81. The van der Waals surface area contributed by atoms with Crippen molar-refractivity contribution in [2.75, 3.05) is 64.0 Å². The van der Waals surface area contributed by atoms with Crippen LogP contribution in [0.4, 0.5) is 0 Å². The third-order valence-corrected chi connectivity index (χ3v) is 6.64. The Hall–Kier alpha value is -1.28. The minimum atomic E-state index is 0.0673. The highest BCUT2D eigenvalue weighted by molar-refractivity contribution is 8.00. The van der Waals surface area contributed by atoms with E-state index in [1.165, 1.54) is 37.4 Å². The van der Waals surface area contributed by atoms with E-state index in [4.69, 9.17) is 4.74 Å². The zero-order chi connectivity index (χ0) is 19.1. The first-order valence-corrected chi connectivity index (χ1v) is 11.3. The average Bonchev–Trinajstić information content (AvgIpc) is 3.21. The van der Waals surface area contributed by atoms with Crippen LogP contribution >= 0.6 is 11.8 Å². The van der Waals surface area contributed by atoms with Crippen molar-refractivity contribution < 1.29 is 19.1 Å². The molecular formula is C19H31N3O4S. The molecule has 152 valence electrons. The van der Waals surface area contributed by atoms with Gasteiger partial charge in [-0.2, -0.15) is 0 Å². The molecule has 0 unspecified atom stereocenters. The van der Waals surface area contributed by atoms with Gasteiger partial charge < -0.3 is 19.4 Å². The molecular weight excluding hydrogens is 366 g/mol. The maximum Gasteiger partial charge on any atom is 0.232 e. The van der Waals surface area contributed by atoms with Gasteiger partial charge in [-0.15, -0.1) is 11.8 Å². The molecule has 2 aliphatic heterocycles. The molecule has 2 heterocycles. The predicted octanol–water partition coefficient (Wildman–Crippen LogP) is 0.830. The van der Waals surface area contributed by atoms with Gasteiger partial charge in [-0.1, -0.05) is 12.8 Å². The third-order valence-electron chi connectivity index (χ3n) is 5.74. The lowest BCUT2D eigenvalue weighted by molar-refractivity contribution is -0.138. The highest BCUT2D eigenvalue weighted by Gasteiger charge is 2.27. The molecule has 1 aliphatic carbocycles. The Morgan fingerprint density at radius 2 is 1.22 bits per heavy atom. The van der Waals surface area contributed by atoms with Gasteiger partial charge in [0.2, 0.25) is 17.7 Å². The third kappa shape index (κ3) is 6.10. The predicted molar refractivity (Wildman–Crippen MR) is 104 cm³/mol. The van der Waals surface area contributed by atoms with Gasteiger partial charge in [0.15, 0.2) is 0 Å². The van der Waals surface area contributed by atoms with Crippen LogP contribution in [0.3, 0.4) is 0 Å². The van der Waals surface area contributed by atoms with Crippen molar-refractivity contribution >= 4 is 29.5 Å². The quantitative estimate of drug-likeness (QED) is 0.664. The summed E-state index contributed by atoms with van der Waals surface area (Å²) in [6.45, 7) is 4.95. The molecule has 2 saturated heterocycles. The molecule has 7 nitrogen and oxygen atoms in total. The van der Waals surface area contributed by atoms with Crippen LogP contribution in [0, 0.1) is 5.92 Å². The van der Waals surface area contributed by atoms with Crippen molar-refractivity contribution in [1.82, 2.24) is 14.7 Å². The lowest BCUT2D eigenvalue weighted by Gasteiger charge is -2.35. The Morgan fingerprint density at radius 1 is 0.741 bits per heavy atom. The van der Waals surface area contributed by atoms with E-state index >= 15 is 0 Å². The Morgan fingerprint density at radius 3 is 1.78 bits per heavy atom. The minimum absolute atomic E-state index is 0.0673. The van der Waals surface area contributed by atoms with Crippen molar-refractivity contribution in [3.8, 4) is 0 Å². The molecule has 3 amide bonds. The van der Waals surface area contributed by atoms with E-state index in [-0.39, 0.29) is 17.7 Å². The summed E-state index contributed by atoms with van der Waals surface area (Å²) in [6.07, 6.45) is 5.56. The van der Waals surface area contributed by atoms with Crippen LogP contribution in [0.5, 0.6) is 0 Å². The highest BCUT2D eigenvalue weighted by atomic mass is 32.2. The molecule has 3 aliphatic rings. The lowest BCUT2D eigenvalue weighted by atomic mass is 10.0. The van der Waals surface area contributed by atoms with Crippen LogP contribution in [0.15, 0.2) is 0 Å². The minimum Gasteiger partial charge on any atom is -0.378 e. The molecule has 0 aromatic rings. The summed E-state index contributed by atoms with van der Waals surface area (Å²) < 4.78 is 5.24. The van der Waals surface area contributed by atoms with Gasteiger partial charge in [-0.3, -0.25) is 14.4 Å². The van der Waals surface area contributed by atoms with E-state index in [1.54, 1.807) is 4.90 Å². The molecule has 0 radical (unpaired) electrons. The lowest BCUT2D eigenvalue weighted by Crippen LogP contribution is -2.51. The number of piperazine rings is 1. The molecule has 0 aromatic carbocycles. The van der Waals surface area contributed by atoms with E-state index in [0.717, 1.165) is 0 Å². The van der Waals surface area contributed by atoms with Gasteiger partial charge in [0.1, 0.15) is 0 Å². The topological polar surface area (TPSA) is 70.2 Å². The summed E-state index contributed by atoms with van der Waals surface area (Å²) in [5.74, 6) is 1.63. The molecule has 3 rings (SSSR count). The highest BCUT2D eigenvalue weighted by Crippen LogP contribution is 2.28. The fourth-order valence-electron chi connectivity index (χ4n) is 4.02. The maximum atomic E-state index is 12.4. The summed E-state index contributed by atoms with van der Waals surface area (Å²) in [5, 5.41) is 0. The second kappa shape index (κ2) is 10.3. The van der Waals surface area contributed by atoms with E-state index in [1.807, 2.05) is 9.80 Å². The van der Waals surface area contributed by atoms with Crippen LogP contribution < -0.4 is 0 Å². The van der Waals surface area contributed by atoms with Crippen LogP contribution in [-0.2, 0) is 19.1 Å². The van der Waals surface area contributed by atoms with Crippen molar-refractivity contribution in [1.29, 1.82) is 0 Å². The monoisotopic (exact) mass is 397 g/mol. The zero-order valence-corrected chi connectivity index (χ0v) is 16.9. The van der Waals surface area contributed by atoms with Crippen molar-refractivity contribution in [3.63, 3.8) is 0 Å². The molecule has 1 saturated carbocycles. The van der Waals surface area contributed by atoms with Gasteiger partial charge in [0, 0.05) is 45.7 Å². The van der Waals surface area contributed by atoms with Crippen LogP contribution in [0.1, 0.15) is 32.1 Å². The Balaban J connectivity index is 1.31. The van der Waals surface area contributed by atoms with E-state index in [0.29, 0.717) is 76.3 Å². The van der Waals surface area contributed by atoms with Gasteiger partial charge in [0.05, 0.1) is 24.7 Å². The van der Waals surface area contributed by atoms with E-state index in [9.17, 15) is 14.4 Å². The summed E-state index contributed by atoms with van der Waals surface area (Å²) in [6, 6.07) is 0. The fourth-order valence-corrected chi connectivity index (χ4v) is 4.83. The number of ether oxygens (including phenoxy) is 1. The Labute approximate surface area is 165 Å². The van der Waals surface area contributed by atoms with Crippen LogP contribution in [0.25, 0.3) is 0 Å². The molecule has 0 bridgehead atoms. The number of rotatable bonds is 6. The average molecular weight is 398 g/mol. The number of hydrogen-bond acceptors (Lipinski definition) is 5.